The molecular formula is C20H19FN2O4S2. The Bertz CT molecular complexity index is 1070. The van der Waals surface area contributed by atoms with Crippen LogP contribution >= 0.6 is 11.3 Å². The largest absolute Gasteiger partial charge is 0.495 e. The van der Waals surface area contributed by atoms with Crippen molar-refractivity contribution in [1.82, 2.24) is 5.32 Å². The fraction of sp³-hybridized carbons (Fsp3) is 0.150. The number of para-hydroxylation sites is 2. The number of benzene rings is 2. The number of hydrogen-bond acceptors (Lipinski definition) is 5. The molecule has 1 amide bonds. The van der Waals surface area contributed by atoms with Gasteiger partial charge in [-0.2, -0.15) is 0 Å². The zero-order valence-electron chi connectivity index (χ0n) is 15.5. The Hall–Kier alpha value is -2.91. The van der Waals surface area contributed by atoms with Crippen molar-refractivity contribution >= 4 is 33.0 Å². The molecule has 0 saturated heterocycles. The molecule has 0 radical (unpaired) electrons. The normalized spacial score (nSPS) is 11.1. The summed E-state index contributed by atoms with van der Waals surface area (Å²) in [5.74, 6) is -0.735. The number of ether oxygens (including phenoxy) is 1. The van der Waals surface area contributed by atoms with Crippen molar-refractivity contribution < 1.29 is 22.3 Å². The van der Waals surface area contributed by atoms with Crippen LogP contribution in [0.25, 0.3) is 0 Å². The van der Waals surface area contributed by atoms with Crippen molar-refractivity contribution in [2.75, 3.05) is 18.0 Å². The molecule has 0 aliphatic carbocycles. The zero-order chi connectivity index (χ0) is 20.9. The summed E-state index contributed by atoms with van der Waals surface area (Å²) in [6.45, 7) is -0.154. The fourth-order valence-corrected chi connectivity index (χ4v) is 4.73. The fourth-order valence-electron chi connectivity index (χ4n) is 2.65. The molecule has 9 heteroatoms. The van der Waals surface area contributed by atoms with Crippen LogP contribution in [-0.4, -0.2) is 28.0 Å². The third-order valence-corrected chi connectivity index (χ3v) is 6.73. The van der Waals surface area contributed by atoms with Crippen LogP contribution in [0.4, 0.5) is 10.1 Å². The van der Waals surface area contributed by atoms with Gasteiger partial charge < -0.3 is 10.1 Å². The number of halogens is 1. The molecule has 0 aliphatic rings. The molecule has 0 spiro atoms. The predicted molar refractivity (Wildman–Crippen MR) is 110 cm³/mol. The predicted octanol–water partition coefficient (Wildman–Crippen LogP) is 3.41. The molecule has 0 atom stereocenters. The van der Waals surface area contributed by atoms with Crippen molar-refractivity contribution in [1.29, 1.82) is 0 Å². The highest BCUT2D eigenvalue weighted by Crippen LogP contribution is 2.32. The van der Waals surface area contributed by atoms with Crippen LogP contribution in [-0.2, 0) is 21.4 Å². The molecule has 1 N–H and O–H groups in total. The molecule has 2 aromatic carbocycles. The molecule has 6 nitrogen and oxygen atoms in total. The second-order valence-electron chi connectivity index (χ2n) is 5.99. The topological polar surface area (TPSA) is 75.7 Å². The van der Waals surface area contributed by atoms with E-state index in [9.17, 15) is 17.6 Å². The molecule has 1 aromatic heterocycles. The third kappa shape index (κ3) is 4.93. The van der Waals surface area contributed by atoms with Gasteiger partial charge in [-0.15, -0.1) is 11.3 Å². The summed E-state index contributed by atoms with van der Waals surface area (Å²) in [6, 6.07) is 14.7. The van der Waals surface area contributed by atoms with Gasteiger partial charge >= 0.3 is 0 Å². The van der Waals surface area contributed by atoms with Crippen LogP contribution in [0.2, 0.25) is 0 Å². The second kappa shape index (κ2) is 9.06. The summed E-state index contributed by atoms with van der Waals surface area (Å²) >= 11 is 1.49. The van der Waals surface area contributed by atoms with Crippen LogP contribution in [0.1, 0.15) is 4.88 Å². The summed E-state index contributed by atoms with van der Waals surface area (Å²) in [5, 5.41) is 4.61. The molecule has 152 valence electrons. The summed E-state index contributed by atoms with van der Waals surface area (Å²) in [4.78, 5) is 13.4. The maximum atomic E-state index is 13.3. The van der Waals surface area contributed by atoms with E-state index in [0.29, 0.717) is 12.3 Å². The Labute approximate surface area is 172 Å². The Kier molecular flexibility index (Phi) is 6.50. The number of hydrogen-bond donors (Lipinski definition) is 1. The van der Waals surface area contributed by atoms with Gasteiger partial charge in [0, 0.05) is 4.88 Å². The van der Waals surface area contributed by atoms with E-state index in [1.54, 1.807) is 24.3 Å². The van der Waals surface area contributed by atoms with Gasteiger partial charge in [0.25, 0.3) is 10.0 Å². The van der Waals surface area contributed by atoms with Crippen molar-refractivity contribution in [3.63, 3.8) is 0 Å². The van der Waals surface area contributed by atoms with Crippen molar-refractivity contribution in [3.8, 4) is 5.75 Å². The average molecular weight is 435 g/mol. The first-order chi connectivity index (χ1) is 13.9. The molecule has 29 heavy (non-hydrogen) atoms. The Morgan fingerprint density at radius 3 is 2.48 bits per heavy atom. The number of methoxy groups -OCH3 is 1. The Balaban J connectivity index is 1.93. The lowest BCUT2D eigenvalue weighted by atomic mass is 10.3. The maximum Gasteiger partial charge on any atom is 0.264 e. The molecule has 3 rings (SSSR count). The van der Waals surface area contributed by atoms with E-state index in [-0.39, 0.29) is 10.6 Å². The minimum Gasteiger partial charge on any atom is -0.495 e. The van der Waals surface area contributed by atoms with E-state index in [1.165, 1.54) is 18.4 Å². The highest BCUT2D eigenvalue weighted by atomic mass is 32.2. The van der Waals surface area contributed by atoms with Gasteiger partial charge in [-0.25, -0.2) is 12.8 Å². The van der Waals surface area contributed by atoms with Crippen molar-refractivity contribution in [3.05, 3.63) is 76.7 Å². The summed E-state index contributed by atoms with van der Waals surface area (Å²) in [7, 11) is -2.73. The van der Waals surface area contributed by atoms with Gasteiger partial charge in [0.2, 0.25) is 5.91 Å². The van der Waals surface area contributed by atoms with Gasteiger partial charge in [-0.3, -0.25) is 9.10 Å². The third-order valence-electron chi connectivity index (χ3n) is 4.08. The van der Waals surface area contributed by atoms with Crippen LogP contribution < -0.4 is 14.4 Å². The molecule has 0 unspecified atom stereocenters. The number of amides is 1. The zero-order valence-corrected chi connectivity index (χ0v) is 17.2. The van der Waals surface area contributed by atoms with Gasteiger partial charge in [-0.1, -0.05) is 18.2 Å². The van der Waals surface area contributed by atoms with Crippen LogP contribution in [0.15, 0.2) is 70.9 Å². The number of thiophene rings is 1. The highest BCUT2D eigenvalue weighted by molar-refractivity contribution is 7.92. The van der Waals surface area contributed by atoms with E-state index in [2.05, 4.69) is 5.32 Å². The lowest BCUT2D eigenvalue weighted by Gasteiger charge is -2.25. The molecule has 0 saturated carbocycles. The first-order valence-corrected chi connectivity index (χ1v) is 10.9. The highest BCUT2D eigenvalue weighted by Gasteiger charge is 2.29. The van der Waals surface area contributed by atoms with Crippen LogP contribution in [0, 0.1) is 5.82 Å². The monoisotopic (exact) mass is 434 g/mol. The van der Waals surface area contributed by atoms with Gasteiger partial charge in [-0.05, 0) is 47.8 Å². The first-order valence-electron chi connectivity index (χ1n) is 8.62. The number of carbonyl (C=O) groups is 1. The van der Waals surface area contributed by atoms with Crippen molar-refractivity contribution in [2.45, 2.75) is 11.4 Å². The minimum atomic E-state index is -4.14. The number of carbonyl (C=O) groups excluding carboxylic acids is 1. The number of nitrogens with zero attached hydrogens (tertiary/aromatic N) is 1. The van der Waals surface area contributed by atoms with E-state index < -0.39 is 28.3 Å². The quantitative estimate of drug-likeness (QED) is 0.590. The Morgan fingerprint density at radius 1 is 1.10 bits per heavy atom. The standard InChI is InChI=1S/C20H19FN2O4S2/c1-27-19-7-3-2-6-18(19)23(14-20(24)22-13-16-5-4-12-28-16)29(25,26)17-10-8-15(21)9-11-17/h2-12H,13-14H2,1H3,(H,22,24). The SMILES string of the molecule is COc1ccccc1N(CC(=O)NCc1cccs1)S(=O)(=O)c1ccc(F)cc1. The number of rotatable bonds is 8. The lowest BCUT2D eigenvalue weighted by molar-refractivity contribution is -0.119. The van der Waals surface area contributed by atoms with Gasteiger partial charge in [0.15, 0.2) is 0 Å². The van der Waals surface area contributed by atoms with E-state index >= 15 is 0 Å². The minimum absolute atomic E-state index is 0.129. The maximum absolute atomic E-state index is 13.3. The molecule has 0 aliphatic heterocycles. The average Bonchev–Trinajstić information content (AvgIpc) is 3.24. The second-order valence-corrected chi connectivity index (χ2v) is 8.89. The smallest absolute Gasteiger partial charge is 0.264 e. The molecule has 3 aromatic rings. The number of sulfonamides is 1. The van der Waals surface area contributed by atoms with E-state index in [0.717, 1.165) is 33.4 Å². The summed E-state index contributed by atoms with van der Waals surface area (Å²) in [6.07, 6.45) is 0. The van der Waals surface area contributed by atoms with E-state index in [1.807, 2.05) is 17.5 Å². The molecule has 0 fully saturated rings. The molecular weight excluding hydrogens is 415 g/mol. The molecule has 0 bridgehead atoms. The number of nitrogens with one attached hydrogen (secondary N) is 1. The van der Waals surface area contributed by atoms with Crippen LogP contribution in [0.3, 0.4) is 0 Å². The van der Waals surface area contributed by atoms with Gasteiger partial charge in [0.1, 0.15) is 18.1 Å². The van der Waals surface area contributed by atoms with E-state index in [4.69, 9.17) is 4.74 Å². The van der Waals surface area contributed by atoms with Crippen LogP contribution in [0.5, 0.6) is 5.75 Å². The van der Waals surface area contributed by atoms with Crippen molar-refractivity contribution in [2.24, 2.45) is 0 Å². The van der Waals surface area contributed by atoms with Gasteiger partial charge in [0.05, 0.1) is 24.2 Å². The lowest BCUT2D eigenvalue weighted by Crippen LogP contribution is -2.40. The Morgan fingerprint density at radius 2 is 1.83 bits per heavy atom. The summed E-state index contributed by atoms with van der Waals surface area (Å²) < 4.78 is 46.0. The number of anilines is 1. The summed E-state index contributed by atoms with van der Waals surface area (Å²) in [5.41, 5.74) is 0.214. The molecule has 1 heterocycles. The first kappa shape index (κ1) is 20.8.